The number of hydrogen-bond acceptors (Lipinski definition) is 4. The molecule has 0 unspecified atom stereocenters. The van der Waals surface area contributed by atoms with Crippen molar-refractivity contribution >= 4 is 0 Å². The molecule has 1 aliphatic heterocycles. The Morgan fingerprint density at radius 2 is 2.17 bits per heavy atom. The predicted octanol–water partition coefficient (Wildman–Crippen LogP) is 2.75. The highest BCUT2D eigenvalue weighted by molar-refractivity contribution is 5.21. The molecule has 2 atom stereocenters. The lowest BCUT2D eigenvalue weighted by atomic mass is 10.1. The van der Waals surface area contributed by atoms with E-state index in [9.17, 15) is 0 Å². The summed E-state index contributed by atoms with van der Waals surface area (Å²) in [6.45, 7) is 3.65. The summed E-state index contributed by atoms with van der Waals surface area (Å²) in [7, 11) is 0. The first kappa shape index (κ1) is 15.8. The Bertz CT molecular complexity index is 606. The molecule has 0 aromatic carbocycles. The van der Waals surface area contributed by atoms with Gasteiger partial charge in [-0.15, -0.1) is 0 Å². The van der Waals surface area contributed by atoms with Gasteiger partial charge in [0.2, 0.25) is 0 Å². The molecule has 1 saturated carbocycles. The maximum absolute atomic E-state index is 4.48. The number of rotatable bonds is 6. The van der Waals surface area contributed by atoms with E-state index in [4.69, 9.17) is 0 Å². The van der Waals surface area contributed by atoms with E-state index in [0.29, 0.717) is 6.04 Å². The molecule has 24 heavy (non-hydrogen) atoms. The van der Waals surface area contributed by atoms with E-state index in [1.54, 1.807) is 0 Å². The number of hydrogen-bond donors (Lipinski definition) is 2. The van der Waals surface area contributed by atoms with E-state index in [-0.39, 0.29) is 6.04 Å². The summed E-state index contributed by atoms with van der Waals surface area (Å²) in [5.41, 5.74) is 1.17. The Labute approximate surface area is 143 Å². The topological polar surface area (TPSA) is 56.8 Å². The van der Waals surface area contributed by atoms with Crippen LogP contribution in [0, 0.1) is 5.92 Å². The summed E-state index contributed by atoms with van der Waals surface area (Å²) < 4.78 is 0. The fourth-order valence-electron chi connectivity index (χ4n) is 4.24. The van der Waals surface area contributed by atoms with Gasteiger partial charge in [0.1, 0.15) is 5.82 Å². The molecular formula is C19H27N5. The van der Waals surface area contributed by atoms with E-state index < -0.39 is 0 Å². The van der Waals surface area contributed by atoms with Gasteiger partial charge in [0.25, 0.3) is 0 Å². The standard InChI is InChI=1S/C19H27N5/c1-2-5-15(4-1)13-24-11-7-17(14-24)23-18(19-21-9-10-22-19)16-6-3-8-20-12-16/h3,6,8-10,12,15,17-18,23H,1-2,4-5,7,11,13-14H2,(H,21,22)/t17-,18-/m0/s1. The first-order valence-corrected chi connectivity index (χ1v) is 9.26. The van der Waals surface area contributed by atoms with Crippen LogP contribution in [0.3, 0.4) is 0 Å². The van der Waals surface area contributed by atoms with Crippen LogP contribution in [0.5, 0.6) is 0 Å². The van der Waals surface area contributed by atoms with Gasteiger partial charge in [0, 0.05) is 43.9 Å². The number of H-pyrrole nitrogens is 1. The fourth-order valence-corrected chi connectivity index (χ4v) is 4.24. The quantitative estimate of drug-likeness (QED) is 0.857. The molecular weight excluding hydrogens is 298 g/mol. The molecule has 0 amide bonds. The third-order valence-electron chi connectivity index (χ3n) is 5.48. The summed E-state index contributed by atoms with van der Waals surface area (Å²) in [4.78, 5) is 14.7. The molecule has 5 nitrogen and oxygen atoms in total. The van der Waals surface area contributed by atoms with Gasteiger partial charge in [-0.1, -0.05) is 18.9 Å². The molecule has 1 aliphatic carbocycles. The molecule has 0 bridgehead atoms. The van der Waals surface area contributed by atoms with Gasteiger partial charge in [-0.25, -0.2) is 4.98 Å². The Balaban J connectivity index is 1.40. The number of aromatic nitrogens is 3. The zero-order chi connectivity index (χ0) is 16.2. The zero-order valence-electron chi connectivity index (χ0n) is 14.2. The molecule has 2 aliphatic rings. The Morgan fingerprint density at radius 1 is 1.25 bits per heavy atom. The van der Waals surface area contributed by atoms with Gasteiger partial charge in [-0.05, 0) is 43.4 Å². The number of likely N-dealkylation sites (tertiary alicyclic amines) is 1. The van der Waals surface area contributed by atoms with E-state index in [1.807, 2.05) is 30.9 Å². The number of nitrogens with one attached hydrogen (secondary N) is 2. The molecule has 4 rings (SSSR count). The normalized spacial score (nSPS) is 23.8. The van der Waals surface area contributed by atoms with Gasteiger partial charge in [-0.2, -0.15) is 0 Å². The average Bonchev–Trinajstić information content (AvgIpc) is 3.37. The zero-order valence-corrected chi connectivity index (χ0v) is 14.2. The lowest BCUT2D eigenvalue weighted by Crippen LogP contribution is -2.37. The molecule has 0 spiro atoms. The van der Waals surface area contributed by atoms with Crippen LogP contribution in [-0.2, 0) is 0 Å². The summed E-state index contributed by atoms with van der Waals surface area (Å²) in [6.07, 6.45) is 14.4. The van der Waals surface area contributed by atoms with Crippen molar-refractivity contribution in [3.63, 3.8) is 0 Å². The van der Waals surface area contributed by atoms with Crippen molar-refractivity contribution in [3.8, 4) is 0 Å². The SMILES string of the molecule is c1cncc([C@H](N[C@H]2CCN(CC3CCCC3)C2)c2ncc[nH]2)c1. The molecule has 128 valence electrons. The number of nitrogens with zero attached hydrogens (tertiary/aromatic N) is 3. The van der Waals surface area contributed by atoms with Crippen molar-refractivity contribution in [1.82, 2.24) is 25.2 Å². The molecule has 2 fully saturated rings. The summed E-state index contributed by atoms with van der Waals surface area (Å²) in [6, 6.07) is 4.72. The minimum atomic E-state index is 0.0881. The van der Waals surface area contributed by atoms with Crippen LogP contribution in [0.4, 0.5) is 0 Å². The second-order valence-corrected chi connectivity index (χ2v) is 7.26. The summed E-state index contributed by atoms with van der Waals surface area (Å²) >= 11 is 0. The van der Waals surface area contributed by atoms with Crippen molar-refractivity contribution in [2.45, 2.75) is 44.2 Å². The smallest absolute Gasteiger partial charge is 0.127 e. The number of pyridine rings is 1. The molecule has 2 aromatic heterocycles. The van der Waals surface area contributed by atoms with E-state index in [0.717, 1.165) is 18.3 Å². The lowest BCUT2D eigenvalue weighted by Gasteiger charge is -2.23. The molecule has 0 radical (unpaired) electrons. The first-order chi connectivity index (χ1) is 11.9. The van der Waals surface area contributed by atoms with Crippen LogP contribution in [-0.4, -0.2) is 45.5 Å². The van der Waals surface area contributed by atoms with E-state index >= 15 is 0 Å². The highest BCUT2D eigenvalue weighted by Gasteiger charge is 2.29. The van der Waals surface area contributed by atoms with Crippen LogP contribution in [0.25, 0.3) is 0 Å². The Hall–Kier alpha value is -1.72. The second kappa shape index (κ2) is 7.45. The second-order valence-electron chi connectivity index (χ2n) is 7.26. The van der Waals surface area contributed by atoms with Crippen molar-refractivity contribution in [2.24, 2.45) is 5.92 Å². The fraction of sp³-hybridized carbons (Fsp3) is 0.579. The monoisotopic (exact) mass is 325 g/mol. The Morgan fingerprint density at radius 3 is 2.92 bits per heavy atom. The number of imidazole rings is 1. The third kappa shape index (κ3) is 3.68. The third-order valence-corrected chi connectivity index (χ3v) is 5.48. The van der Waals surface area contributed by atoms with Crippen LogP contribution < -0.4 is 5.32 Å². The van der Waals surface area contributed by atoms with Crippen LogP contribution in [0.2, 0.25) is 0 Å². The Kier molecular flexibility index (Phi) is 4.90. The molecule has 5 heteroatoms. The predicted molar refractivity (Wildman–Crippen MR) is 94.6 cm³/mol. The highest BCUT2D eigenvalue weighted by Crippen LogP contribution is 2.27. The van der Waals surface area contributed by atoms with E-state index in [2.05, 4.69) is 31.2 Å². The van der Waals surface area contributed by atoms with Crippen molar-refractivity contribution < 1.29 is 0 Å². The molecule has 3 heterocycles. The molecule has 2 aromatic rings. The van der Waals surface area contributed by atoms with Crippen LogP contribution >= 0.6 is 0 Å². The van der Waals surface area contributed by atoms with Gasteiger partial charge in [0.15, 0.2) is 0 Å². The first-order valence-electron chi connectivity index (χ1n) is 9.26. The van der Waals surface area contributed by atoms with Crippen LogP contribution in [0.15, 0.2) is 36.9 Å². The van der Waals surface area contributed by atoms with Crippen molar-refractivity contribution in [1.29, 1.82) is 0 Å². The summed E-state index contributed by atoms with van der Waals surface area (Å²) in [5, 5.41) is 3.81. The average molecular weight is 325 g/mol. The van der Waals surface area contributed by atoms with Crippen molar-refractivity contribution in [3.05, 3.63) is 48.3 Å². The lowest BCUT2D eigenvalue weighted by molar-refractivity contribution is 0.271. The van der Waals surface area contributed by atoms with E-state index in [1.165, 1.54) is 50.8 Å². The molecule has 1 saturated heterocycles. The minimum absolute atomic E-state index is 0.0881. The van der Waals surface area contributed by atoms with Gasteiger partial charge >= 0.3 is 0 Å². The maximum Gasteiger partial charge on any atom is 0.127 e. The molecule has 2 N–H and O–H groups in total. The van der Waals surface area contributed by atoms with Crippen molar-refractivity contribution in [2.75, 3.05) is 19.6 Å². The minimum Gasteiger partial charge on any atom is -0.347 e. The van der Waals surface area contributed by atoms with Gasteiger partial charge in [-0.3, -0.25) is 10.3 Å². The van der Waals surface area contributed by atoms with Gasteiger partial charge < -0.3 is 9.88 Å². The van der Waals surface area contributed by atoms with Crippen LogP contribution in [0.1, 0.15) is 49.5 Å². The maximum atomic E-state index is 4.48. The highest BCUT2D eigenvalue weighted by atomic mass is 15.2. The number of aromatic amines is 1. The summed E-state index contributed by atoms with van der Waals surface area (Å²) in [5.74, 6) is 1.90. The largest absolute Gasteiger partial charge is 0.347 e. The van der Waals surface area contributed by atoms with Gasteiger partial charge in [0.05, 0.1) is 6.04 Å².